The molecular formula is C19H16N4O2. The Bertz CT molecular complexity index is 979. The summed E-state index contributed by atoms with van der Waals surface area (Å²) in [5.74, 6) is 1.93. The highest BCUT2D eigenvalue weighted by molar-refractivity contribution is 5.81. The summed E-state index contributed by atoms with van der Waals surface area (Å²) >= 11 is 0. The molecule has 25 heavy (non-hydrogen) atoms. The number of ether oxygens (including phenoxy) is 2. The van der Waals surface area contributed by atoms with Crippen molar-refractivity contribution in [3.8, 4) is 35.0 Å². The van der Waals surface area contributed by atoms with Gasteiger partial charge in [0.1, 0.15) is 5.82 Å². The first-order chi connectivity index (χ1) is 12.2. The minimum Gasteiger partial charge on any atom is -0.493 e. The summed E-state index contributed by atoms with van der Waals surface area (Å²) in [7, 11) is 1.59. The van der Waals surface area contributed by atoms with E-state index in [-0.39, 0.29) is 0 Å². The van der Waals surface area contributed by atoms with Crippen LogP contribution in [0.2, 0.25) is 0 Å². The van der Waals surface area contributed by atoms with E-state index in [2.05, 4.69) is 22.1 Å². The van der Waals surface area contributed by atoms with Crippen LogP contribution in [0.1, 0.15) is 18.4 Å². The number of hydrogen-bond donors (Lipinski definition) is 1. The molecule has 6 heteroatoms. The van der Waals surface area contributed by atoms with Crippen molar-refractivity contribution < 1.29 is 9.47 Å². The Morgan fingerprint density at radius 1 is 1.12 bits per heavy atom. The summed E-state index contributed by atoms with van der Waals surface area (Å²) in [6.45, 7) is 0.443. The molecule has 2 aromatic carbocycles. The Morgan fingerprint density at radius 3 is 2.76 bits per heavy atom. The SMILES string of the molecule is COc1ccc(-c2nc3ccc(C#N)cc3[nH]2)cc1OCCCC#N. The maximum atomic E-state index is 9.00. The summed E-state index contributed by atoms with van der Waals surface area (Å²) in [5, 5.41) is 17.6. The van der Waals surface area contributed by atoms with E-state index in [1.54, 1.807) is 19.2 Å². The lowest BCUT2D eigenvalue weighted by atomic mass is 10.2. The van der Waals surface area contributed by atoms with Crippen molar-refractivity contribution in [1.82, 2.24) is 9.97 Å². The van der Waals surface area contributed by atoms with E-state index in [0.717, 1.165) is 16.6 Å². The topological polar surface area (TPSA) is 94.7 Å². The smallest absolute Gasteiger partial charge is 0.161 e. The van der Waals surface area contributed by atoms with Crippen molar-refractivity contribution in [3.05, 3.63) is 42.0 Å². The summed E-state index contributed by atoms with van der Waals surface area (Å²) in [4.78, 5) is 7.79. The highest BCUT2D eigenvalue weighted by atomic mass is 16.5. The van der Waals surface area contributed by atoms with Gasteiger partial charge in [0, 0.05) is 12.0 Å². The Morgan fingerprint density at radius 2 is 2.00 bits per heavy atom. The number of unbranched alkanes of at least 4 members (excludes halogenated alkanes) is 1. The molecule has 0 unspecified atom stereocenters. The number of aromatic nitrogens is 2. The van der Waals surface area contributed by atoms with E-state index in [1.807, 2.05) is 24.3 Å². The van der Waals surface area contributed by atoms with Crippen LogP contribution in [0.5, 0.6) is 11.5 Å². The van der Waals surface area contributed by atoms with Gasteiger partial charge >= 0.3 is 0 Å². The lowest BCUT2D eigenvalue weighted by molar-refractivity contribution is 0.291. The zero-order valence-electron chi connectivity index (χ0n) is 13.7. The van der Waals surface area contributed by atoms with E-state index in [1.165, 1.54) is 0 Å². The van der Waals surface area contributed by atoms with Gasteiger partial charge in [0.2, 0.25) is 0 Å². The second kappa shape index (κ2) is 7.37. The number of aromatic amines is 1. The van der Waals surface area contributed by atoms with Crippen molar-refractivity contribution >= 4 is 11.0 Å². The van der Waals surface area contributed by atoms with E-state index in [0.29, 0.717) is 42.3 Å². The molecule has 0 saturated carbocycles. The number of fused-ring (bicyclic) bond motifs is 1. The van der Waals surface area contributed by atoms with Crippen LogP contribution in [0.3, 0.4) is 0 Å². The van der Waals surface area contributed by atoms with E-state index < -0.39 is 0 Å². The van der Waals surface area contributed by atoms with Crippen molar-refractivity contribution in [1.29, 1.82) is 10.5 Å². The number of nitrogens with zero attached hydrogens (tertiary/aromatic N) is 3. The van der Waals surface area contributed by atoms with Crippen LogP contribution in [0.4, 0.5) is 0 Å². The molecule has 0 amide bonds. The van der Waals surface area contributed by atoms with Crippen LogP contribution in [0.25, 0.3) is 22.4 Å². The van der Waals surface area contributed by atoms with E-state index in [9.17, 15) is 0 Å². The second-order valence-electron chi connectivity index (χ2n) is 5.40. The molecule has 6 nitrogen and oxygen atoms in total. The molecule has 3 rings (SSSR count). The summed E-state index contributed by atoms with van der Waals surface area (Å²) in [5.41, 5.74) is 3.03. The number of nitrogens with one attached hydrogen (secondary N) is 1. The maximum absolute atomic E-state index is 9.00. The van der Waals surface area contributed by atoms with Gasteiger partial charge < -0.3 is 14.5 Å². The predicted octanol–water partition coefficient (Wildman–Crippen LogP) is 3.79. The maximum Gasteiger partial charge on any atom is 0.161 e. The zero-order valence-corrected chi connectivity index (χ0v) is 13.7. The number of benzene rings is 2. The molecule has 1 aromatic heterocycles. The molecule has 3 aromatic rings. The molecule has 124 valence electrons. The van der Waals surface area contributed by atoms with Crippen LogP contribution in [0, 0.1) is 22.7 Å². The van der Waals surface area contributed by atoms with Crippen molar-refractivity contribution in [3.63, 3.8) is 0 Å². The van der Waals surface area contributed by atoms with Gasteiger partial charge in [0.25, 0.3) is 0 Å². The fourth-order valence-corrected chi connectivity index (χ4v) is 2.49. The minimum atomic E-state index is 0.443. The molecule has 0 radical (unpaired) electrons. The predicted molar refractivity (Wildman–Crippen MR) is 93.1 cm³/mol. The lowest BCUT2D eigenvalue weighted by Crippen LogP contribution is -1.99. The van der Waals surface area contributed by atoms with E-state index >= 15 is 0 Å². The highest BCUT2D eigenvalue weighted by Gasteiger charge is 2.11. The summed E-state index contributed by atoms with van der Waals surface area (Å²) in [6.07, 6.45) is 1.11. The van der Waals surface area contributed by atoms with Crippen molar-refractivity contribution in [2.45, 2.75) is 12.8 Å². The van der Waals surface area contributed by atoms with Crippen molar-refractivity contribution in [2.24, 2.45) is 0 Å². The molecule has 0 atom stereocenters. The third-order valence-corrected chi connectivity index (χ3v) is 3.74. The first-order valence-electron chi connectivity index (χ1n) is 7.83. The fraction of sp³-hybridized carbons (Fsp3) is 0.211. The van der Waals surface area contributed by atoms with Crippen LogP contribution in [-0.4, -0.2) is 23.7 Å². The molecule has 0 bridgehead atoms. The Hall–Kier alpha value is -3.51. The Labute approximate surface area is 145 Å². The quantitative estimate of drug-likeness (QED) is 0.693. The third-order valence-electron chi connectivity index (χ3n) is 3.74. The van der Waals surface area contributed by atoms with Gasteiger partial charge in [-0.3, -0.25) is 0 Å². The monoisotopic (exact) mass is 332 g/mol. The van der Waals surface area contributed by atoms with Gasteiger partial charge in [0.15, 0.2) is 11.5 Å². The fourth-order valence-electron chi connectivity index (χ4n) is 2.49. The normalized spacial score (nSPS) is 10.2. The van der Waals surface area contributed by atoms with Gasteiger partial charge in [-0.15, -0.1) is 0 Å². The molecule has 0 saturated heterocycles. The van der Waals surface area contributed by atoms with Crippen LogP contribution in [0.15, 0.2) is 36.4 Å². The molecule has 0 aliphatic carbocycles. The molecule has 0 spiro atoms. The number of rotatable bonds is 6. The van der Waals surface area contributed by atoms with Gasteiger partial charge in [0.05, 0.1) is 42.5 Å². The largest absolute Gasteiger partial charge is 0.493 e. The third kappa shape index (κ3) is 3.54. The molecule has 0 fully saturated rings. The van der Waals surface area contributed by atoms with Crippen LogP contribution >= 0.6 is 0 Å². The number of H-pyrrole nitrogens is 1. The zero-order chi connectivity index (χ0) is 17.6. The van der Waals surface area contributed by atoms with E-state index in [4.69, 9.17) is 20.0 Å². The van der Waals surface area contributed by atoms with Crippen LogP contribution < -0.4 is 9.47 Å². The number of hydrogen-bond acceptors (Lipinski definition) is 5. The van der Waals surface area contributed by atoms with Gasteiger partial charge in [-0.05, 0) is 42.8 Å². The first kappa shape index (κ1) is 16.4. The Balaban J connectivity index is 1.91. The van der Waals surface area contributed by atoms with Gasteiger partial charge in [-0.2, -0.15) is 10.5 Å². The van der Waals surface area contributed by atoms with Gasteiger partial charge in [-0.25, -0.2) is 4.98 Å². The first-order valence-corrected chi connectivity index (χ1v) is 7.83. The average Bonchev–Trinajstić information content (AvgIpc) is 3.08. The number of nitriles is 2. The average molecular weight is 332 g/mol. The molecular weight excluding hydrogens is 316 g/mol. The minimum absolute atomic E-state index is 0.443. The number of methoxy groups -OCH3 is 1. The molecule has 0 aliphatic rings. The standard InChI is InChI=1S/C19H16N4O2/c1-24-17-7-5-14(11-18(17)25-9-3-2-8-20)19-22-15-6-4-13(12-21)10-16(15)23-19/h4-7,10-11H,2-3,9H2,1H3,(H,22,23). The molecule has 1 N–H and O–H groups in total. The summed E-state index contributed by atoms with van der Waals surface area (Å²) in [6, 6.07) is 15.1. The summed E-state index contributed by atoms with van der Waals surface area (Å²) < 4.78 is 11.1. The highest BCUT2D eigenvalue weighted by Crippen LogP contribution is 2.32. The number of imidazole rings is 1. The Kier molecular flexibility index (Phi) is 4.82. The molecule has 1 heterocycles. The molecule has 0 aliphatic heterocycles. The second-order valence-corrected chi connectivity index (χ2v) is 5.40. The van der Waals surface area contributed by atoms with Gasteiger partial charge in [-0.1, -0.05) is 0 Å². The lowest BCUT2D eigenvalue weighted by Gasteiger charge is -2.11. The van der Waals surface area contributed by atoms with Crippen LogP contribution in [-0.2, 0) is 0 Å². The van der Waals surface area contributed by atoms with Crippen molar-refractivity contribution in [2.75, 3.05) is 13.7 Å².